The van der Waals surface area contributed by atoms with Gasteiger partial charge in [0, 0.05) is 24.2 Å². The normalized spacial score (nSPS) is 10.4. The lowest BCUT2D eigenvalue weighted by Gasteiger charge is -2.07. The monoisotopic (exact) mass is 273 g/mol. The van der Waals surface area contributed by atoms with Gasteiger partial charge in [-0.05, 0) is 30.7 Å². The molecule has 3 N–H and O–H groups in total. The molecule has 0 unspecified atom stereocenters. The van der Waals surface area contributed by atoms with E-state index in [1.165, 1.54) is 0 Å². The standard InChI is InChI=1S/C15H19N3O2/c1-2-4-12-9-11(10-14(16)18-12)15(19)17-7-6-13-5-3-8-20-13/h3,5,8-10H,2,4,6-7H2,1H3,(H2,16,18)(H,17,19). The van der Waals surface area contributed by atoms with Gasteiger partial charge in [-0.2, -0.15) is 0 Å². The zero-order valence-corrected chi connectivity index (χ0v) is 11.6. The number of amides is 1. The first-order valence-electron chi connectivity index (χ1n) is 6.76. The topological polar surface area (TPSA) is 81.2 Å². The maximum absolute atomic E-state index is 12.1. The highest BCUT2D eigenvalue weighted by Gasteiger charge is 2.08. The summed E-state index contributed by atoms with van der Waals surface area (Å²) in [5, 5.41) is 2.85. The van der Waals surface area contributed by atoms with E-state index >= 15 is 0 Å². The molecule has 2 aromatic heterocycles. The molecule has 0 aliphatic carbocycles. The number of aryl methyl sites for hydroxylation is 1. The van der Waals surface area contributed by atoms with E-state index in [1.807, 2.05) is 12.1 Å². The van der Waals surface area contributed by atoms with Gasteiger partial charge in [-0.3, -0.25) is 4.79 Å². The molecular weight excluding hydrogens is 254 g/mol. The Morgan fingerprint density at radius 2 is 2.25 bits per heavy atom. The summed E-state index contributed by atoms with van der Waals surface area (Å²) in [7, 11) is 0. The number of hydrogen-bond acceptors (Lipinski definition) is 4. The van der Waals surface area contributed by atoms with Gasteiger partial charge in [0.25, 0.3) is 5.91 Å². The van der Waals surface area contributed by atoms with Crippen molar-refractivity contribution in [1.82, 2.24) is 10.3 Å². The summed E-state index contributed by atoms with van der Waals surface area (Å²) < 4.78 is 5.21. The van der Waals surface area contributed by atoms with Gasteiger partial charge in [0.2, 0.25) is 0 Å². The molecule has 2 aromatic rings. The fraction of sp³-hybridized carbons (Fsp3) is 0.333. The predicted octanol–water partition coefficient (Wildman–Crippen LogP) is 2.18. The molecule has 0 aliphatic rings. The van der Waals surface area contributed by atoms with Crippen molar-refractivity contribution in [2.24, 2.45) is 0 Å². The number of rotatable bonds is 6. The fourth-order valence-corrected chi connectivity index (χ4v) is 1.98. The zero-order chi connectivity index (χ0) is 14.4. The van der Waals surface area contributed by atoms with Gasteiger partial charge in [-0.25, -0.2) is 4.98 Å². The van der Waals surface area contributed by atoms with Gasteiger partial charge in [-0.15, -0.1) is 0 Å². The van der Waals surface area contributed by atoms with Crippen LogP contribution in [0.2, 0.25) is 0 Å². The molecular formula is C15H19N3O2. The molecule has 5 heteroatoms. The van der Waals surface area contributed by atoms with Gasteiger partial charge in [-0.1, -0.05) is 13.3 Å². The second-order valence-electron chi connectivity index (χ2n) is 4.61. The molecule has 20 heavy (non-hydrogen) atoms. The summed E-state index contributed by atoms with van der Waals surface area (Å²) in [6, 6.07) is 7.11. The third kappa shape index (κ3) is 3.85. The van der Waals surface area contributed by atoms with Crippen molar-refractivity contribution in [3.8, 4) is 0 Å². The highest BCUT2D eigenvalue weighted by Crippen LogP contribution is 2.09. The van der Waals surface area contributed by atoms with E-state index in [4.69, 9.17) is 10.2 Å². The molecule has 0 bridgehead atoms. The van der Waals surface area contributed by atoms with Crippen molar-refractivity contribution < 1.29 is 9.21 Å². The Morgan fingerprint density at radius 3 is 2.95 bits per heavy atom. The molecule has 0 spiro atoms. The van der Waals surface area contributed by atoms with Gasteiger partial charge < -0.3 is 15.5 Å². The first-order valence-corrected chi connectivity index (χ1v) is 6.76. The van der Waals surface area contributed by atoms with Crippen molar-refractivity contribution >= 4 is 11.7 Å². The summed E-state index contributed by atoms with van der Waals surface area (Å²) in [6.07, 6.45) is 4.08. The van der Waals surface area contributed by atoms with E-state index in [-0.39, 0.29) is 5.91 Å². The van der Waals surface area contributed by atoms with Crippen LogP contribution < -0.4 is 11.1 Å². The number of hydrogen-bond donors (Lipinski definition) is 2. The number of furan rings is 1. The zero-order valence-electron chi connectivity index (χ0n) is 11.6. The molecule has 1 amide bonds. The van der Waals surface area contributed by atoms with E-state index < -0.39 is 0 Å². The Morgan fingerprint density at radius 1 is 1.40 bits per heavy atom. The third-order valence-electron chi connectivity index (χ3n) is 2.90. The van der Waals surface area contributed by atoms with Gasteiger partial charge in [0.1, 0.15) is 11.6 Å². The number of nitrogens with zero attached hydrogens (tertiary/aromatic N) is 1. The predicted molar refractivity (Wildman–Crippen MR) is 77.4 cm³/mol. The van der Waals surface area contributed by atoms with Crippen molar-refractivity contribution in [1.29, 1.82) is 0 Å². The molecule has 5 nitrogen and oxygen atoms in total. The third-order valence-corrected chi connectivity index (χ3v) is 2.90. The van der Waals surface area contributed by atoms with Crippen molar-refractivity contribution in [3.05, 3.63) is 47.5 Å². The van der Waals surface area contributed by atoms with E-state index in [9.17, 15) is 4.79 Å². The highest BCUT2D eigenvalue weighted by atomic mass is 16.3. The lowest BCUT2D eigenvalue weighted by atomic mass is 10.1. The molecule has 0 atom stereocenters. The van der Waals surface area contributed by atoms with Crippen LogP contribution in [-0.4, -0.2) is 17.4 Å². The largest absolute Gasteiger partial charge is 0.469 e. The Labute approximate surface area is 118 Å². The van der Waals surface area contributed by atoms with Crippen LogP contribution in [0.1, 0.15) is 35.2 Å². The minimum Gasteiger partial charge on any atom is -0.469 e. The number of nitrogens with one attached hydrogen (secondary N) is 1. The average molecular weight is 273 g/mol. The van der Waals surface area contributed by atoms with Crippen molar-refractivity contribution in [3.63, 3.8) is 0 Å². The van der Waals surface area contributed by atoms with Crippen LogP contribution in [0.3, 0.4) is 0 Å². The van der Waals surface area contributed by atoms with Gasteiger partial charge in [0.05, 0.1) is 6.26 Å². The van der Waals surface area contributed by atoms with Crippen LogP contribution in [0.25, 0.3) is 0 Å². The molecule has 0 saturated heterocycles. The van der Waals surface area contributed by atoms with Crippen LogP contribution >= 0.6 is 0 Å². The van der Waals surface area contributed by atoms with Crippen LogP contribution in [0.15, 0.2) is 34.9 Å². The number of carbonyl (C=O) groups is 1. The van der Waals surface area contributed by atoms with Crippen LogP contribution in [-0.2, 0) is 12.8 Å². The molecule has 2 rings (SSSR count). The minimum atomic E-state index is -0.136. The average Bonchev–Trinajstić information content (AvgIpc) is 2.91. The fourth-order valence-electron chi connectivity index (χ4n) is 1.98. The first-order chi connectivity index (χ1) is 9.69. The quantitative estimate of drug-likeness (QED) is 0.845. The molecule has 0 fully saturated rings. The molecule has 0 radical (unpaired) electrons. The summed E-state index contributed by atoms with van der Waals surface area (Å²) >= 11 is 0. The molecule has 0 aliphatic heterocycles. The summed E-state index contributed by atoms with van der Waals surface area (Å²) in [4.78, 5) is 16.3. The summed E-state index contributed by atoms with van der Waals surface area (Å²) in [6.45, 7) is 2.59. The summed E-state index contributed by atoms with van der Waals surface area (Å²) in [5.41, 5.74) is 7.13. The van der Waals surface area contributed by atoms with E-state index in [1.54, 1.807) is 18.4 Å². The lowest BCUT2D eigenvalue weighted by molar-refractivity contribution is 0.0953. The van der Waals surface area contributed by atoms with E-state index in [0.29, 0.717) is 24.3 Å². The molecule has 106 valence electrons. The molecule has 0 aromatic carbocycles. The Bertz CT molecular complexity index is 565. The SMILES string of the molecule is CCCc1cc(C(=O)NCCc2ccco2)cc(N)n1. The number of aromatic nitrogens is 1. The molecule has 2 heterocycles. The smallest absolute Gasteiger partial charge is 0.251 e. The maximum atomic E-state index is 12.1. The second kappa shape index (κ2) is 6.75. The number of nitrogen functional groups attached to an aromatic ring is 1. The Balaban J connectivity index is 1.94. The number of carbonyl (C=O) groups excluding carboxylic acids is 1. The van der Waals surface area contributed by atoms with Crippen LogP contribution in [0.4, 0.5) is 5.82 Å². The maximum Gasteiger partial charge on any atom is 0.251 e. The van der Waals surface area contributed by atoms with Crippen molar-refractivity contribution in [2.45, 2.75) is 26.2 Å². The Kier molecular flexibility index (Phi) is 4.76. The number of anilines is 1. The summed E-state index contributed by atoms with van der Waals surface area (Å²) in [5.74, 6) is 1.10. The second-order valence-corrected chi connectivity index (χ2v) is 4.61. The molecule has 0 saturated carbocycles. The Hall–Kier alpha value is -2.30. The first kappa shape index (κ1) is 14.1. The van der Waals surface area contributed by atoms with Gasteiger partial charge in [0.15, 0.2) is 0 Å². The van der Waals surface area contributed by atoms with Gasteiger partial charge >= 0.3 is 0 Å². The lowest BCUT2D eigenvalue weighted by Crippen LogP contribution is -2.26. The minimum absolute atomic E-state index is 0.136. The van der Waals surface area contributed by atoms with Crippen molar-refractivity contribution in [2.75, 3.05) is 12.3 Å². The highest BCUT2D eigenvalue weighted by molar-refractivity contribution is 5.94. The van der Waals surface area contributed by atoms with Crippen LogP contribution in [0.5, 0.6) is 0 Å². The van der Waals surface area contributed by atoms with Crippen LogP contribution in [0, 0.1) is 0 Å². The number of nitrogens with two attached hydrogens (primary N) is 1. The number of pyridine rings is 1. The van der Waals surface area contributed by atoms with E-state index in [2.05, 4.69) is 17.2 Å². The van der Waals surface area contributed by atoms with E-state index in [0.717, 1.165) is 24.3 Å².